The van der Waals surface area contributed by atoms with Crippen LogP contribution in [0.15, 0.2) is 42.5 Å². The van der Waals surface area contributed by atoms with E-state index in [4.69, 9.17) is 18.9 Å². The lowest BCUT2D eigenvalue weighted by atomic mass is 9.81. The summed E-state index contributed by atoms with van der Waals surface area (Å²) >= 11 is 0. The zero-order chi connectivity index (χ0) is 26.1. The monoisotopic (exact) mass is 499 g/mol. The van der Waals surface area contributed by atoms with Crippen molar-refractivity contribution in [1.82, 2.24) is 4.90 Å². The maximum absolute atomic E-state index is 13.0. The van der Waals surface area contributed by atoms with Gasteiger partial charge in [0.15, 0.2) is 11.5 Å². The van der Waals surface area contributed by atoms with Crippen molar-refractivity contribution in [1.29, 1.82) is 0 Å². The van der Waals surface area contributed by atoms with Crippen molar-refractivity contribution < 1.29 is 33.6 Å². The molecule has 1 fully saturated rings. The first-order valence-corrected chi connectivity index (χ1v) is 12.4. The topological polar surface area (TPSA) is 94.5 Å². The summed E-state index contributed by atoms with van der Waals surface area (Å²) in [5, 5.41) is 11.2. The fourth-order valence-electron chi connectivity index (χ4n) is 4.73. The highest BCUT2D eigenvalue weighted by molar-refractivity contribution is 5.79. The van der Waals surface area contributed by atoms with E-state index in [0.717, 1.165) is 12.0 Å². The molecule has 2 aromatic carbocycles. The second-order valence-electron chi connectivity index (χ2n) is 8.95. The molecule has 0 saturated carbocycles. The molecule has 196 valence electrons. The molecular weight excluding hydrogens is 462 g/mol. The van der Waals surface area contributed by atoms with E-state index in [-0.39, 0.29) is 49.7 Å². The number of rotatable bonds is 12. The molecular formula is C28H37NO7. The Morgan fingerprint density at radius 3 is 2.44 bits per heavy atom. The van der Waals surface area contributed by atoms with Gasteiger partial charge in [0.05, 0.1) is 27.4 Å². The van der Waals surface area contributed by atoms with Crippen LogP contribution in [-0.2, 0) is 20.9 Å². The number of β-amino-alcohol motifs (C(OH)–C–C–N with tert-alkyl or cyclic N) is 1. The second-order valence-corrected chi connectivity index (χ2v) is 8.95. The summed E-state index contributed by atoms with van der Waals surface area (Å²) in [7, 11) is 3.06. The summed E-state index contributed by atoms with van der Waals surface area (Å²) in [6, 6.07) is 13.1. The van der Waals surface area contributed by atoms with E-state index in [9.17, 15) is 14.7 Å². The number of benzene rings is 2. The molecule has 1 amide bonds. The summed E-state index contributed by atoms with van der Waals surface area (Å²) in [4.78, 5) is 26.7. The maximum Gasteiger partial charge on any atom is 0.306 e. The van der Waals surface area contributed by atoms with Crippen LogP contribution < -0.4 is 14.2 Å². The van der Waals surface area contributed by atoms with E-state index >= 15 is 0 Å². The number of esters is 1. The van der Waals surface area contributed by atoms with Crippen LogP contribution in [0, 0.1) is 11.8 Å². The van der Waals surface area contributed by atoms with Crippen molar-refractivity contribution in [2.75, 3.05) is 33.9 Å². The predicted molar refractivity (Wildman–Crippen MR) is 135 cm³/mol. The van der Waals surface area contributed by atoms with Crippen LogP contribution in [0.4, 0.5) is 0 Å². The first kappa shape index (κ1) is 27.3. The van der Waals surface area contributed by atoms with Gasteiger partial charge in [0.2, 0.25) is 11.7 Å². The third-order valence-electron chi connectivity index (χ3n) is 6.68. The molecule has 1 aliphatic heterocycles. The fourth-order valence-corrected chi connectivity index (χ4v) is 4.73. The Kier molecular flexibility index (Phi) is 9.99. The number of aliphatic hydroxyl groups excluding tert-OH is 1. The number of methoxy groups -OCH3 is 2. The third kappa shape index (κ3) is 6.69. The van der Waals surface area contributed by atoms with Gasteiger partial charge < -0.3 is 29.0 Å². The number of piperidine rings is 1. The number of hydrogen-bond donors (Lipinski definition) is 1. The Bertz CT molecular complexity index is 1010. The molecule has 2 aromatic rings. The molecule has 1 saturated heterocycles. The number of ether oxygens (including phenoxy) is 4. The summed E-state index contributed by atoms with van der Waals surface area (Å²) in [6.45, 7) is 5.02. The number of carbonyl (C=O) groups is 2. The number of likely N-dealkylation sites (tertiary alicyclic amines) is 1. The van der Waals surface area contributed by atoms with Crippen LogP contribution in [0.2, 0.25) is 0 Å². The van der Waals surface area contributed by atoms with Crippen LogP contribution >= 0.6 is 0 Å². The fraction of sp³-hybridized carbons (Fsp3) is 0.500. The zero-order valence-corrected chi connectivity index (χ0v) is 21.6. The summed E-state index contributed by atoms with van der Waals surface area (Å²) in [5.41, 5.74) is 1.48. The highest BCUT2D eigenvalue weighted by Gasteiger charge is 2.36. The molecule has 1 aliphatic rings. The molecule has 3 atom stereocenters. The van der Waals surface area contributed by atoms with Gasteiger partial charge in [-0.2, -0.15) is 0 Å². The Balaban J connectivity index is 1.78. The van der Waals surface area contributed by atoms with Gasteiger partial charge in [0, 0.05) is 24.9 Å². The van der Waals surface area contributed by atoms with Gasteiger partial charge in [0.25, 0.3) is 0 Å². The van der Waals surface area contributed by atoms with E-state index in [0.29, 0.717) is 36.0 Å². The van der Waals surface area contributed by atoms with E-state index in [1.807, 2.05) is 30.3 Å². The molecule has 36 heavy (non-hydrogen) atoms. The average molecular weight is 500 g/mol. The van der Waals surface area contributed by atoms with Gasteiger partial charge in [-0.15, -0.1) is 0 Å². The first-order chi connectivity index (χ1) is 17.4. The van der Waals surface area contributed by atoms with E-state index in [1.54, 1.807) is 31.1 Å². The normalized spacial score (nSPS) is 18.5. The Morgan fingerprint density at radius 2 is 1.81 bits per heavy atom. The van der Waals surface area contributed by atoms with Gasteiger partial charge in [0.1, 0.15) is 12.7 Å². The van der Waals surface area contributed by atoms with Gasteiger partial charge in [-0.05, 0) is 36.5 Å². The summed E-state index contributed by atoms with van der Waals surface area (Å²) in [6.07, 6.45) is 0.319. The van der Waals surface area contributed by atoms with Gasteiger partial charge in [-0.25, -0.2) is 0 Å². The van der Waals surface area contributed by atoms with Crippen molar-refractivity contribution >= 4 is 11.9 Å². The minimum absolute atomic E-state index is 0.0548. The number of nitrogens with zero attached hydrogens (tertiary/aromatic N) is 1. The first-order valence-electron chi connectivity index (χ1n) is 12.4. The molecule has 0 bridgehead atoms. The molecule has 0 aliphatic carbocycles. The van der Waals surface area contributed by atoms with Crippen molar-refractivity contribution in [3.8, 4) is 17.2 Å². The smallest absolute Gasteiger partial charge is 0.306 e. The minimum Gasteiger partial charge on any atom is -0.493 e. The number of aliphatic hydroxyl groups is 1. The number of hydrogen-bond acceptors (Lipinski definition) is 7. The lowest BCUT2D eigenvalue weighted by molar-refractivity contribution is -0.147. The van der Waals surface area contributed by atoms with Gasteiger partial charge >= 0.3 is 5.97 Å². The summed E-state index contributed by atoms with van der Waals surface area (Å²) in [5.74, 6) is 0.992. The van der Waals surface area contributed by atoms with Gasteiger partial charge in [-0.1, -0.05) is 43.7 Å². The van der Waals surface area contributed by atoms with Crippen LogP contribution in [0.3, 0.4) is 0 Å². The second kappa shape index (κ2) is 13.2. The van der Waals surface area contributed by atoms with Crippen LogP contribution in [-0.4, -0.2) is 55.8 Å². The van der Waals surface area contributed by atoms with Crippen LogP contribution in [0.25, 0.3) is 0 Å². The Morgan fingerprint density at radius 1 is 1.06 bits per heavy atom. The van der Waals surface area contributed by atoms with E-state index in [1.165, 1.54) is 7.11 Å². The van der Waals surface area contributed by atoms with Crippen LogP contribution in [0.1, 0.15) is 50.3 Å². The minimum atomic E-state index is -1.00. The highest BCUT2D eigenvalue weighted by atomic mass is 16.5. The number of carbonyl (C=O) groups excluding carboxylic acids is 2. The molecule has 1 heterocycles. The molecule has 1 unspecified atom stereocenters. The summed E-state index contributed by atoms with van der Waals surface area (Å²) < 4.78 is 22.2. The predicted octanol–water partition coefficient (Wildman–Crippen LogP) is 4.14. The Labute approximate surface area is 213 Å². The highest BCUT2D eigenvalue weighted by Crippen LogP contribution is 2.43. The largest absolute Gasteiger partial charge is 0.493 e. The van der Waals surface area contributed by atoms with Crippen molar-refractivity contribution in [3.05, 3.63) is 53.6 Å². The van der Waals surface area contributed by atoms with E-state index < -0.39 is 6.10 Å². The molecule has 8 nitrogen and oxygen atoms in total. The van der Waals surface area contributed by atoms with Crippen molar-refractivity contribution in [3.63, 3.8) is 0 Å². The molecule has 3 rings (SSSR count). The lowest BCUT2D eigenvalue weighted by Crippen LogP contribution is -2.46. The van der Waals surface area contributed by atoms with E-state index in [2.05, 4.69) is 6.92 Å². The quantitative estimate of drug-likeness (QED) is 0.439. The van der Waals surface area contributed by atoms with Crippen molar-refractivity contribution in [2.45, 2.75) is 45.8 Å². The molecule has 8 heteroatoms. The third-order valence-corrected chi connectivity index (χ3v) is 6.68. The SMILES string of the molecule is CCOC(=O)C[C@H]1CC(=O)N(CC(O)c2ccc(OC)c(OC)c2OCc2ccccc2)C[C@@H]1CC. The van der Waals surface area contributed by atoms with Crippen LogP contribution in [0.5, 0.6) is 17.2 Å². The molecule has 0 spiro atoms. The molecule has 1 N–H and O–H groups in total. The number of amides is 1. The lowest BCUT2D eigenvalue weighted by Gasteiger charge is -2.38. The molecule has 0 radical (unpaired) electrons. The average Bonchev–Trinajstić information content (AvgIpc) is 2.88. The Hall–Kier alpha value is -3.26. The molecule has 0 aromatic heterocycles. The maximum atomic E-state index is 13.0. The van der Waals surface area contributed by atoms with Crippen molar-refractivity contribution in [2.24, 2.45) is 11.8 Å². The standard InChI is InChI=1S/C28H37NO7/c1-5-20-16-29(25(31)14-21(20)15-26(32)35-6-2)17-23(30)22-12-13-24(33-3)28(34-4)27(22)36-18-19-10-8-7-9-11-19/h7-13,20-21,23,30H,5-6,14-18H2,1-4H3/t20-,21+,23?/m0/s1. The van der Waals surface area contributed by atoms with Gasteiger partial charge in [-0.3, -0.25) is 9.59 Å². The zero-order valence-electron chi connectivity index (χ0n) is 21.6.